The molecule has 4 rings (SSSR count). The molecule has 1 aliphatic heterocycles. The molecule has 0 N–H and O–H groups in total. The highest BCUT2D eigenvalue weighted by Crippen LogP contribution is 2.41. The van der Waals surface area contributed by atoms with E-state index in [9.17, 15) is 9.59 Å². The Kier molecular flexibility index (Phi) is 5.63. The summed E-state index contributed by atoms with van der Waals surface area (Å²) < 4.78 is 16.0. The van der Waals surface area contributed by atoms with Crippen LogP contribution in [0.25, 0.3) is 5.57 Å². The topological polar surface area (TPSA) is 69.0 Å². The summed E-state index contributed by atoms with van der Waals surface area (Å²) >= 11 is 1.29. The third-order valence-electron chi connectivity index (χ3n) is 4.64. The van der Waals surface area contributed by atoms with Crippen LogP contribution in [-0.2, 0) is 15.3 Å². The van der Waals surface area contributed by atoms with Gasteiger partial charge < -0.3 is 13.9 Å². The van der Waals surface area contributed by atoms with Gasteiger partial charge in [0.2, 0.25) is 0 Å². The molecule has 152 valence electrons. The quantitative estimate of drug-likeness (QED) is 0.523. The average Bonchev–Trinajstić information content (AvgIpc) is 3.38. The molecule has 6 nitrogen and oxygen atoms in total. The zero-order valence-electron chi connectivity index (χ0n) is 16.5. The first-order chi connectivity index (χ1) is 14.6. The Labute approximate surface area is 178 Å². The molecule has 0 bridgehead atoms. The highest BCUT2D eigenvalue weighted by atomic mass is 32.2. The van der Waals surface area contributed by atoms with Crippen LogP contribution in [0.4, 0.5) is 5.69 Å². The summed E-state index contributed by atoms with van der Waals surface area (Å²) in [6, 6.07) is 17.8. The maximum atomic E-state index is 13.4. The van der Waals surface area contributed by atoms with Crippen LogP contribution in [0.5, 0.6) is 11.5 Å². The molecule has 0 saturated carbocycles. The zero-order chi connectivity index (χ0) is 21.1. The second-order valence-electron chi connectivity index (χ2n) is 6.45. The number of nitrogens with zero attached hydrogens (tertiary/aromatic N) is 1. The third-order valence-corrected chi connectivity index (χ3v) is 5.73. The number of carbonyl (C=O) groups is 2. The van der Waals surface area contributed by atoms with E-state index in [0.717, 1.165) is 10.7 Å². The molecule has 30 heavy (non-hydrogen) atoms. The van der Waals surface area contributed by atoms with Crippen molar-refractivity contribution in [3.8, 4) is 11.5 Å². The number of thioether (sulfide) groups is 1. The van der Waals surface area contributed by atoms with Gasteiger partial charge in [-0.25, -0.2) is 4.90 Å². The Morgan fingerprint density at radius 1 is 0.900 bits per heavy atom. The minimum Gasteiger partial charge on any atom is -0.497 e. The van der Waals surface area contributed by atoms with Gasteiger partial charge in [0.05, 0.1) is 42.4 Å². The molecule has 0 atom stereocenters. The lowest BCUT2D eigenvalue weighted by atomic mass is 10.1. The van der Waals surface area contributed by atoms with Crippen molar-refractivity contribution in [1.29, 1.82) is 0 Å². The lowest BCUT2D eigenvalue weighted by Crippen LogP contribution is -2.31. The summed E-state index contributed by atoms with van der Waals surface area (Å²) in [6.45, 7) is 0. The molecule has 2 heterocycles. The second kappa shape index (κ2) is 8.51. The summed E-state index contributed by atoms with van der Waals surface area (Å²) in [6.07, 6.45) is 1.58. The van der Waals surface area contributed by atoms with Gasteiger partial charge in [0, 0.05) is 18.2 Å². The monoisotopic (exact) mass is 421 g/mol. The summed E-state index contributed by atoms with van der Waals surface area (Å²) in [7, 11) is 3.04. The van der Waals surface area contributed by atoms with E-state index in [0.29, 0.717) is 39.0 Å². The van der Waals surface area contributed by atoms with E-state index in [1.54, 1.807) is 30.5 Å². The number of furan rings is 1. The highest BCUT2D eigenvalue weighted by molar-refractivity contribution is 8.03. The maximum Gasteiger partial charge on any atom is 0.272 e. The number of amides is 2. The van der Waals surface area contributed by atoms with Crippen LogP contribution in [0.1, 0.15) is 11.3 Å². The Morgan fingerprint density at radius 3 is 2.20 bits per heavy atom. The fourth-order valence-corrected chi connectivity index (χ4v) is 4.21. The van der Waals surface area contributed by atoms with Gasteiger partial charge in [0.15, 0.2) is 0 Å². The second-order valence-corrected chi connectivity index (χ2v) is 7.44. The molecule has 1 aromatic heterocycles. The standard InChI is InChI=1S/C23H19NO5S/c1-27-18-11-16(12-19(13-18)28-2)24-22(25)20(15-7-4-3-5-8-15)21(23(24)26)30-14-17-9-6-10-29-17/h3-13H,14H2,1-2H3. The van der Waals surface area contributed by atoms with E-state index >= 15 is 0 Å². The lowest BCUT2D eigenvalue weighted by Gasteiger charge is -2.17. The predicted molar refractivity (Wildman–Crippen MR) is 115 cm³/mol. The lowest BCUT2D eigenvalue weighted by molar-refractivity contribution is -0.119. The largest absolute Gasteiger partial charge is 0.497 e. The van der Waals surface area contributed by atoms with E-state index in [4.69, 9.17) is 13.9 Å². The Morgan fingerprint density at radius 2 is 1.60 bits per heavy atom. The number of hydrogen-bond acceptors (Lipinski definition) is 6. The van der Waals surface area contributed by atoms with Crippen LogP contribution in [0, 0.1) is 0 Å². The number of rotatable bonds is 7. The molecule has 2 aromatic carbocycles. The van der Waals surface area contributed by atoms with Crippen molar-refractivity contribution in [2.45, 2.75) is 5.75 Å². The molecular formula is C23H19NO5S. The van der Waals surface area contributed by atoms with Gasteiger partial charge in [-0.3, -0.25) is 9.59 Å². The minimum atomic E-state index is -0.386. The summed E-state index contributed by atoms with van der Waals surface area (Å²) in [4.78, 5) is 28.3. The molecule has 0 saturated heterocycles. The summed E-state index contributed by atoms with van der Waals surface area (Å²) in [5, 5.41) is 0. The van der Waals surface area contributed by atoms with Gasteiger partial charge in [-0.05, 0) is 17.7 Å². The van der Waals surface area contributed by atoms with E-state index < -0.39 is 0 Å². The van der Waals surface area contributed by atoms with E-state index in [2.05, 4.69) is 0 Å². The van der Waals surface area contributed by atoms with Crippen LogP contribution in [-0.4, -0.2) is 26.0 Å². The summed E-state index contributed by atoms with van der Waals surface area (Å²) in [5.41, 5.74) is 1.46. The van der Waals surface area contributed by atoms with Crippen molar-refractivity contribution in [1.82, 2.24) is 0 Å². The van der Waals surface area contributed by atoms with Crippen LogP contribution in [0.2, 0.25) is 0 Å². The Hall–Kier alpha value is -3.45. The van der Waals surface area contributed by atoms with Crippen molar-refractivity contribution in [2.24, 2.45) is 0 Å². The molecule has 1 aliphatic rings. The molecule has 0 unspecified atom stereocenters. The molecule has 0 spiro atoms. The molecule has 3 aromatic rings. The van der Waals surface area contributed by atoms with Crippen molar-refractivity contribution in [3.63, 3.8) is 0 Å². The number of methoxy groups -OCH3 is 2. The highest BCUT2D eigenvalue weighted by Gasteiger charge is 2.40. The predicted octanol–water partition coefficient (Wildman–Crippen LogP) is 4.51. The molecule has 0 fully saturated rings. The number of benzene rings is 2. The Balaban J connectivity index is 1.76. The van der Waals surface area contributed by atoms with Gasteiger partial charge >= 0.3 is 0 Å². The first-order valence-electron chi connectivity index (χ1n) is 9.19. The summed E-state index contributed by atoms with van der Waals surface area (Å²) in [5.74, 6) is 1.37. The SMILES string of the molecule is COc1cc(OC)cc(N2C(=O)C(SCc3ccco3)=C(c3ccccc3)C2=O)c1. The number of ether oxygens (including phenoxy) is 2. The van der Waals surface area contributed by atoms with Gasteiger partial charge in [0.25, 0.3) is 11.8 Å². The van der Waals surface area contributed by atoms with E-state index in [1.165, 1.54) is 26.0 Å². The fourth-order valence-electron chi connectivity index (χ4n) is 3.20. The third kappa shape index (κ3) is 3.71. The average molecular weight is 421 g/mol. The molecule has 0 radical (unpaired) electrons. The molecular weight excluding hydrogens is 402 g/mol. The van der Waals surface area contributed by atoms with Crippen LogP contribution in [0.15, 0.2) is 76.2 Å². The number of carbonyl (C=O) groups excluding carboxylic acids is 2. The van der Waals surface area contributed by atoms with E-state index in [-0.39, 0.29) is 11.8 Å². The van der Waals surface area contributed by atoms with Crippen molar-refractivity contribution < 1.29 is 23.5 Å². The minimum absolute atomic E-state index is 0.374. The van der Waals surface area contributed by atoms with Crippen molar-refractivity contribution >= 4 is 34.8 Å². The Bertz CT molecular complexity index is 1080. The normalized spacial score (nSPS) is 13.9. The number of imide groups is 1. The fraction of sp³-hybridized carbons (Fsp3) is 0.130. The molecule has 0 aliphatic carbocycles. The van der Waals surface area contributed by atoms with E-state index in [1.807, 2.05) is 36.4 Å². The number of hydrogen-bond donors (Lipinski definition) is 0. The van der Waals surface area contributed by atoms with Crippen LogP contribution >= 0.6 is 11.8 Å². The van der Waals surface area contributed by atoms with Crippen LogP contribution in [0.3, 0.4) is 0 Å². The smallest absolute Gasteiger partial charge is 0.272 e. The van der Waals surface area contributed by atoms with Gasteiger partial charge in [-0.1, -0.05) is 30.3 Å². The first kappa shape index (κ1) is 19.8. The maximum absolute atomic E-state index is 13.4. The van der Waals surface area contributed by atoms with Gasteiger partial charge in [-0.2, -0.15) is 0 Å². The first-order valence-corrected chi connectivity index (χ1v) is 10.2. The van der Waals surface area contributed by atoms with Crippen molar-refractivity contribution in [3.05, 3.63) is 83.2 Å². The molecule has 2 amide bonds. The van der Waals surface area contributed by atoms with Crippen LogP contribution < -0.4 is 14.4 Å². The number of anilines is 1. The zero-order valence-corrected chi connectivity index (χ0v) is 17.3. The van der Waals surface area contributed by atoms with Crippen molar-refractivity contribution in [2.75, 3.05) is 19.1 Å². The van der Waals surface area contributed by atoms with Gasteiger partial charge in [-0.15, -0.1) is 11.8 Å². The molecule has 7 heteroatoms. The van der Waals surface area contributed by atoms with Gasteiger partial charge in [0.1, 0.15) is 17.3 Å².